The molecule has 0 spiro atoms. The molecular weight excluding hydrogens is 129 g/mol. The summed E-state index contributed by atoms with van der Waals surface area (Å²) in [5, 5.41) is 0. The molecule has 60 valence electrons. The van der Waals surface area contributed by atoms with Gasteiger partial charge in [-0.2, -0.15) is 0 Å². The Morgan fingerprint density at radius 3 is 2.60 bits per heavy atom. The molecule has 0 saturated heterocycles. The lowest BCUT2D eigenvalue weighted by molar-refractivity contribution is 0.355. The minimum Gasteiger partial charge on any atom is -0.327 e. The van der Waals surface area contributed by atoms with Crippen LogP contribution in [0.25, 0.3) is 0 Å². The van der Waals surface area contributed by atoms with E-state index < -0.39 is 0 Å². The Labute approximate surface area is 62.1 Å². The van der Waals surface area contributed by atoms with Gasteiger partial charge in [-0.3, -0.25) is 4.39 Å². The molecule has 0 amide bonds. The van der Waals surface area contributed by atoms with Crippen molar-refractivity contribution in [1.82, 2.24) is 0 Å². The monoisotopic (exact) mass is 145 g/mol. The minimum absolute atomic E-state index is 0.197. The quantitative estimate of drug-likeness (QED) is 0.587. The molecule has 10 heavy (non-hydrogen) atoms. The molecule has 1 nitrogen and oxygen atoms in total. The van der Waals surface area contributed by atoms with Gasteiger partial charge in [0.25, 0.3) is 0 Å². The topological polar surface area (TPSA) is 26.0 Å². The Bertz CT molecular complexity index is 87.3. The van der Waals surface area contributed by atoms with Gasteiger partial charge in [-0.05, 0) is 12.3 Å². The largest absolute Gasteiger partial charge is 0.327 e. The van der Waals surface area contributed by atoms with Crippen LogP contribution in [0.15, 0.2) is 12.2 Å². The van der Waals surface area contributed by atoms with Crippen LogP contribution in [0, 0.1) is 5.92 Å². The van der Waals surface area contributed by atoms with E-state index in [0.29, 0.717) is 6.54 Å². The number of allylic oxidation sites excluding steroid dienone is 1. The first kappa shape index (κ1) is 9.63. The van der Waals surface area contributed by atoms with Gasteiger partial charge in [0, 0.05) is 6.54 Å². The minimum atomic E-state index is -0.217. The molecule has 0 aliphatic carbocycles. The standard InChI is InChI=1S/C8H16FN/c1-2-8(7-9)5-3-4-6-10/h3-4,8H,2,5-7,10H2,1H3. The highest BCUT2D eigenvalue weighted by Crippen LogP contribution is 2.08. The molecule has 1 unspecified atom stereocenters. The van der Waals surface area contributed by atoms with Crippen molar-refractivity contribution in [3.8, 4) is 0 Å². The third kappa shape index (κ3) is 4.50. The van der Waals surface area contributed by atoms with Crippen LogP contribution in [0.3, 0.4) is 0 Å². The second-order valence-corrected chi connectivity index (χ2v) is 2.37. The van der Waals surface area contributed by atoms with Crippen LogP contribution in [-0.4, -0.2) is 13.2 Å². The van der Waals surface area contributed by atoms with Crippen LogP contribution in [0.4, 0.5) is 4.39 Å². The van der Waals surface area contributed by atoms with E-state index in [0.717, 1.165) is 12.8 Å². The van der Waals surface area contributed by atoms with Gasteiger partial charge in [-0.15, -0.1) is 0 Å². The summed E-state index contributed by atoms with van der Waals surface area (Å²) in [6.07, 6.45) is 5.56. The first-order valence-electron chi connectivity index (χ1n) is 3.76. The Hall–Kier alpha value is -0.370. The molecule has 1 atom stereocenters. The zero-order valence-electron chi connectivity index (χ0n) is 6.52. The summed E-state index contributed by atoms with van der Waals surface area (Å²) in [5.41, 5.74) is 5.22. The average molecular weight is 145 g/mol. The number of hydrogen-bond donors (Lipinski definition) is 1. The maximum atomic E-state index is 12.0. The Morgan fingerprint density at radius 2 is 2.20 bits per heavy atom. The summed E-state index contributed by atoms with van der Waals surface area (Å²) in [4.78, 5) is 0. The van der Waals surface area contributed by atoms with Crippen molar-refractivity contribution in [3.63, 3.8) is 0 Å². The van der Waals surface area contributed by atoms with Crippen molar-refractivity contribution in [1.29, 1.82) is 0 Å². The molecule has 0 heterocycles. The molecule has 0 radical (unpaired) electrons. The lowest BCUT2D eigenvalue weighted by Gasteiger charge is -2.04. The maximum Gasteiger partial charge on any atom is 0.0925 e. The van der Waals surface area contributed by atoms with Crippen molar-refractivity contribution in [3.05, 3.63) is 12.2 Å². The number of nitrogens with two attached hydrogens (primary N) is 1. The fourth-order valence-electron chi connectivity index (χ4n) is 0.724. The van der Waals surface area contributed by atoms with Gasteiger partial charge in [0.2, 0.25) is 0 Å². The van der Waals surface area contributed by atoms with Crippen LogP contribution in [0.2, 0.25) is 0 Å². The molecule has 0 saturated carbocycles. The van der Waals surface area contributed by atoms with E-state index in [-0.39, 0.29) is 12.6 Å². The fraction of sp³-hybridized carbons (Fsp3) is 0.750. The van der Waals surface area contributed by atoms with E-state index in [1.54, 1.807) is 0 Å². The van der Waals surface area contributed by atoms with Gasteiger partial charge in [0.1, 0.15) is 0 Å². The summed E-state index contributed by atoms with van der Waals surface area (Å²) in [6, 6.07) is 0. The lowest BCUT2D eigenvalue weighted by Crippen LogP contribution is -1.99. The molecule has 0 aromatic rings. The predicted octanol–water partition coefficient (Wildman–Crippen LogP) is 1.89. The molecule has 0 aromatic heterocycles. The molecule has 2 N–H and O–H groups in total. The highest BCUT2D eigenvalue weighted by Gasteiger charge is 2.00. The Morgan fingerprint density at radius 1 is 1.50 bits per heavy atom. The summed E-state index contributed by atoms with van der Waals surface area (Å²) < 4.78 is 12.0. The van der Waals surface area contributed by atoms with Crippen LogP contribution >= 0.6 is 0 Å². The third-order valence-electron chi connectivity index (χ3n) is 1.57. The molecular formula is C8H16FN. The van der Waals surface area contributed by atoms with Gasteiger partial charge in [-0.25, -0.2) is 0 Å². The van der Waals surface area contributed by atoms with E-state index in [2.05, 4.69) is 0 Å². The van der Waals surface area contributed by atoms with Crippen molar-refractivity contribution in [2.75, 3.05) is 13.2 Å². The second kappa shape index (κ2) is 6.75. The highest BCUT2D eigenvalue weighted by atomic mass is 19.1. The third-order valence-corrected chi connectivity index (χ3v) is 1.57. The van der Waals surface area contributed by atoms with E-state index in [1.165, 1.54) is 0 Å². The second-order valence-electron chi connectivity index (χ2n) is 2.37. The van der Waals surface area contributed by atoms with E-state index >= 15 is 0 Å². The lowest BCUT2D eigenvalue weighted by atomic mass is 10.0. The average Bonchev–Trinajstić information content (AvgIpc) is 1.99. The Balaban J connectivity index is 3.34. The van der Waals surface area contributed by atoms with Gasteiger partial charge in [0.15, 0.2) is 0 Å². The van der Waals surface area contributed by atoms with Crippen molar-refractivity contribution >= 4 is 0 Å². The SMILES string of the molecule is CCC(CF)CC=CCN. The smallest absolute Gasteiger partial charge is 0.0925 e. The van der Waals surface area contributed by atoms with Gasteiger partial charge >= 0.3 is 0 Å². The number of rotatable bonds is 5. The molecule has 0 rings (SSSR count). The van der Waals surface area contributed by atoms with E-state index in [9.17, 15) is 4.39 Å². The van der Waals surface area contributed by atoms with Crippen molar-refractivity contribution in [2.45, 2.75) is 19.8 Å². The van der Waals surface area contributed by atoms with Gasteiger partial charge in [-0.1, -0.05) is 25.5 Å². The van der Waals surface area contributed by atoms with E-state index in [1.807, 2.05) is 19.1 Å². The summed E-state index contributed by atoms with van der Waals surface area (Å²) in [6.45, 7) is 2.34. The molecule has 0 aliphatic rings. The highest BCUT2D eigenvalue weighted by molar-refractivity contribution is 4.84. The fourth-order valence-corrected chi connectivity index (χ4v) is 0.724. The summed E-state index contributed by atoms with van der Waals surface area (Å²) >= 11 is 0. The number of halogens is 1. The first-order chi connectivity index (χ1) is 4.85. The van der Waals surface area contributed by atoms with Crippen molar-refractivity contribution < 1.29 is 4.39 Å². The Kier molecular flexibility index (Phi) is 6.50. The number of alkyl halides is 1. The van der Waals surface area contributed by atoms with E-state index in [4.69, 9.17) is 5.73 Å². The van der Waals surface area contributed by atoms with Gasteiger partial charge < -0.3 is 5.73 Å². The van der Waals surface area contributed by atoms with Crippen LogP contribution in [0.1, 0.15) is 19.8 Å². The van der Waals surface area contributed by atoms with Crippen LogP contribution in [0.5, 0.6) is 0 Å². The van der Waals surface area contributed by atoms with Crippen LogP contribution in [-0.2, 0) is 0 Å². The summed E-state index contributed by atoms with van der Waals surface area (Å²) in [7, 11) is 0. The van der Waals surface area contributed by atoms with Gasteiger partial charge in [0.05, 0.1) is 6.67 Å². The molecule has 0 fully saturated rings. The molecule has 2 heteroatoms. The van der Waals surface area contributed by atoms with Crippen molar-refractivity contribution in [2.24, 2.45) is 11.7 Å². The zero-order valence-corrected chi connectivity index (χ0v) is 6.52. The summed E-state index contributed by atoms with van der Waals surface area (Å²) in [5.74, 6) is 0.197. The first-order valence-corrected chi connectivity index (χ1v) is 3.76. The number of hydrogen-bond acceptors (Lipinski definition) is 1. The molecule has 0 bridgehead atoms. The molecule has 0 aromatic carbocycles. The predicted molar refractivity (Wildman–Crippen MR) is 42.6 cm³/mol. The maximum absolute atomic E-state index is 12.0. The zero-order chi connectivity index (χ0) is 7.82. The normalized spacial score (nSPS) is 14.3. The van der Waals surface area contributed by atoms with Crippen LogP contribution < -0.4 is 5.73 Å². The molecule has 0 aliphatic heterocycles.